The molecule has 1 amide bonds. The van der Waals surface area contributed by atoms with Crippen LogP contribution in [0.15, 0.2) is 0 Å². The maximum absolute atomic E-state index is 11.0. The lowest BCUT2D eigenvalue weighted by molar-refractivity contribution is -0.128. The summed E-state index contributed by atoms with van der Waals surface area (Å²) in [6.45, 7) is 5.79. The van der Waals surface area contributed by atoms with E-state index in [2.05, 4.69) is 5.32 Å². The number of halogens is 1. The lowest BCUT2D eigenvalue weighted by Crippen LogP contribution is -2.39. The predicted octanol–water partition coefficient (Wildman–Crippen LogP) is 0.529. The zero-order chi connectivity index (χ0) is 8.48. The molecule has 4 heteroatoms. The Morgan fingerprint density at radius 2 is 2.17 bits per heavy atom. The first kappa shape index (κ1) is 11.7. The first-order valence-corrected chi connectivity index (χ1v) is 4.06. The van der Waals surface area contributed by atoms with Crippen molar-refractivity contribution in [1.82, 2.24) is 5.32 Å². The third-order valence-electron chi connectivity index (χ3n) is 2.72. The predicted molar refractivity (Wildman–Crippen MR) is 51.2 cm³/mol. The molecule has 0 aromatic rings. The second-order valence-electron chi connectivity index (χ2n) is 3.78. The molecule has 0 aromatic carbocycles. The van der Waals surface area contributed by atoms with Gasteiger partial charge in [0.15, 0.2) is 0 Å². The van der Waals surface area contributed by atoms with E-state index in [0.29, 0.717) is 5.92 Å². The van der Waals surface area contributed by atoms with Crippen LogP contribution in [-0.2, 0) is 4.79 Å². The van der Waals surface area contributed by atoms with Crippen molar-refractivity contribution in [2.24, 2.45) is 17.1 Å². The molecule has 0 bridgehead atoms. The Bertz CT molecular complexity index is 164. The van der Waals surface area contributed by atoms with Gasteiger partial charge in [-0.15, -0.1) is 12.4 Å². The van der Waals surface area contributed by atoms with Crippen LogP contribution in [0.4, 0.5) is 0 Å². The van der Waals surface area contributed by atoms with Crippen LogP contribution in [-0.4, -0.2) is 19.0 Å². The number of primary amides is 1. The lowest BCUT2D eigenvalue weighted by Gasteiger charge is -2.26. The van der Waals surface area contributed by atoms with Gasteiger partial charge >= 0.3 is 0 Å². The van der Waals surface area contributed by atoms with Crippen LogP contribution in [0.5, 0.6) is 0 Å². The van der Waals surface area contributed by atoms with E-state index < -0.39 is 0 Å². The topological polar surface area (TPSA) is 55.1 Å². The maximum Gasteiger partial charge on any atom is 0.223 e. The van der Waals surface area contributed by atoms with Gasteiger partial charge in [-0.3, -0.25) is 4.79 Å². The van der Waals surface area contributed by atoms with E-state index in [1.807, 2.05) is 13.8 Å². The number of carbonyl (C=O) groups is 1. The Kier molecular flexibility index (Phi) is 4.00. The van der Waals surface area contributed by atoms with E-state index in [0.717, 1.165) is 19.5 Å². The Balaban J connectivity index is 0.00000121. The van der Waals surface area contributed by atoms with Gasteiger partial charge in [0.2, 0.25) is 5.91 Å². The molecular formula is C8H17ClN2O. The fourth-order valence-corrected chi connectivity index (χ4v) is 1.47. The molecule has 0 spiro atoms. The summed E-state index contributed by atoms with van der Waals surface area (Å²) >= 11 is 0. The number of rotatable bonds is 2. The zero-order valence-corrected chi connectivity index (χ0v) is 8.41. The molecule has 3 nitrogen and oxygen atoms in total. The molecule has 3 N–H and O–H groups in total. The minimum atomic E-state index is -0.344. The van der Waals surface area contributed by atoms with Crippen LogP contribution in [0, 0.1) is 11.3 Å². The van der Waals surface area contributed by atoms with Gasteiger partial charge in [-0.1, -0.05) is 13.8 Å². The molecule has 0 radical (unpaired) electrons. The van der Waals surface area contributed by atoms with Gasteiger partial charge in [0, 0.05) is 5.41 Å². The molecular weight excluding hydrogens is 176 g/mol. The SMILES string of the molecule is CC(C)(C(N)=O)C1CCNC1.Cl. The van der Waals surface area contributed by atoms with E-state index in [1.165, 1.54) is 0 Å². The number of hydrogen-bond donors (Lipinski definition) is 2. The van der Waals surface area contributed by atoms with Crippen LogP contribution in [0.1, 0.15) is 20.3 Å². The molecule has 0 aromatic heterocycles. The third-order valence-corrected chi connectivity index (χ3v) is 2.72. The normalized spacial score (nSPS) is 23.3. The Morgan fingerprint density at radius 1 is 1.58 bits per heavy atom. The lowest BCUT2D eigenvalue weighted by atomic mass is 9.78. The Morgan fingerprint density at radius 3 is 2.50 bits per heavy atom. The zero-order valence-electron chi connectivity index (χ0n) is 7.59. The fourth-order valence-electron chi connectivity index (χ4n) is 1.47. The largest absolute Gasteiger partial charge is 0.369 e. The van der Waals surface area contributed by atoms with Crippen LogP contribution < -0.4 is 11.1 Å². The van der Waals surface area contributed by atoms with Crippen molar-refractivity contribution in [1.29, 1.82) is 0 Å². The van der Waals surface area contributed by atoms with Gasteiger partial charge in [0.05, 0.1) is 0 Å². The van der Waals surface area contributed by atoms with E-state index in [9.17, 15) is 4.79 Å². The highest BCUT2D eigenvalue weighted by Gasteiger charge is 2.36. The average Bonchev–Trinajstić information content (AvgIpc) is 2.37. The number of carbonyl (C=O) groups excluding carboxylic acids is 1. The van der Waals surface area contributed by atoms with Gasteiger partial charge in [-0.05, 0) is 25.4 Å². The van der Waals surface area contributed by atoms with Crippen molar-refractivity contribution < 1.29 is 4.79 Å². The molecule has 0 aliphatic carbocycles. The van der Waals surface area contributed by atoms with E-state index in [1.54, 1.807) is 0 Å². The third kappa shape index (κ3) is 2.11. The van der Waals surface area contributed by atoms with Crippen LogP contribution >= 0.6 is 12.4 Å². The number of nitrogens with two attached hydrogens (primary N) is 1. The molecule has 12 heavy (non-hydrogen) atoms. The Hall–Kier alpha value is -0.280. The van der Waals surface area contributed by atoms with Crippen LogP contribution in [0.3, 0.4) is 0 Å². The van der Waals surface area contributed by atoms with Crippen molar-refractivity contribution in [3.8, 4) is 0 Å². The summed E-state index contributed by atoms with van der Waals surface area (Å²) in [4.78, 5) is 11.0. The van der Waals surface area contributed by atoms with Gasteiger partial charge in [-0.2, -0.15) is 0 Å². The molecule has 0 saturated carbocycles. The highest BCUT2D eigenvalue weighted by Crippen LogP contribution is 2.30. The smallest absolute Gasteiger partial charge is 0.223 e. The monoisotopic (exact) mass is 192 g/mol. The van der Waals surface area contributed by atoms with Gasteiger partial charge < -0.3 is 11.1 Å². The second kappa shape index (κ2) is 4.10. The van der Waals surface area contributed by atoms with Crippen molar-refractivity contribution in [3.63, 3.8) is 0 Å². The molecule has 1 aliphatic rings. The van der Waals surface area contributed by atoms with Crippen molar-refractivity contribution in [2.75, 3.05) is 13.1 Å². The minimum Gasteiger partial charge on any atom is -0.369 e. The van der Waals surface area contributed by atoms with Crippen LogP contribution in [0.25, 0.3) is 0 Å². The molecule has 1 atom stereocenters. The maximum atomic E-state index is 11.0. The van der Waals surface area contributed by atoms with E-state index >= 15 is 0 Å². The summed E-state index contributed by atoms with van der Waals surface area (Å²) in [6, 6.07) is 0. The molecule has 1 saturated heterocycles. The van der Waals surface area contributed by atoms with E-state index in [-0.39, 0.29) is 23.7 Å². The standard InChI is InChI=1S/C8H16N2O.ClH/c1-8(2,7(9)11)6-3-4-10-5-6;/h6,10H,3-5H2,1-2H3,(H2,9,11);1H. The van der Waals surface area contributed by atoms with Crippen molar-refractivity contribution in [3.05, 3.63) is 0 Å². The highest BCUT2D eigenvalue weighted by molar-refractivity contribution is 5.85. The molecule has 1 unspecified atom stereocenters. The van der Waals surface area contributed by atoms with Gasteiger partial charge in [0.1, 0.15) is 0 Å². The van der Waals surface area contributed by atoms with Crippen LogP contribution in [0.2, 0.25) is 0 Å². The molecule has 72 valence electrons. The molecule has 1 aliphatic heterocycles. The quantitative estimate of drug-likeness (QED) is 0.671. The average molecular weight is 193 g/mol. The summed E-state index contributed by atoms with van der Waals surface area (Å²) in [5.74, 6) is 0.228. The summed E-state index contributed by atoms with van der Waals surface area (Å²) in [5, 5.41) is 3.23. The van der Waals surface area contributed by atoms with E-state index in [4.69, 9.17) is 5.73 Å². The molecule has 1 heterocycles. The second-order valence-corrected chi connectivity index (χ2v) is 3.78. The van der Waals surface area contributed by atoms with Crippen molar-refractivity contribution >= 4 is 18.3 Å². The fraction of sp³-hybridized carbons (Fsp3) is 0.875. The molecule has 1 fully saturated rings. The molecule has 1 rings (SSSR count). The minimum absolute atomic E-state index is 0. The summed E-state index contributed by atoms with van der Waals surface area (Å²) < 4.78 is 0. The Labute approximate surface area is 79.5 Å². The number of nitrogens with one attached hydrogen (secondary N) is 1. The van der Waals surface area contributed by atoms with Crippen molar-refractivity contribution in [2.45, 2.75) is 20.3 Å². The summed E-state index contributed by atoms with van der Waals surface area (Å²) in [6.07, 6.45) is 1.07. The highest BCUT2D eigenvalue weighted by atomic mass is 35.5. The number of amides is 1. The summed E-state index contributed by atoms with van der Waals surface area (Å²) in [5.41, 5.74) is 4.94. The summed E-state index contributed by atoms with van der Waals surface area (Å²) in [7, 11) is 0. The first-order valence-electron chi connectivity index (χ1n) is 4.06. The first-order chi connectivity index (χ1) is 5.05. The van der Waals surface area contributed by atoms with Gasteiger partial charge in [0.25, 0.3) is 0 Å². The number of hydrogen-bond acceptors (Lipinski definition) is 2. The van der Waals surface area contributed by atoms with Gasteiger partial charge in [-0.25, -0.2) is 0 Å².